The first kappa shape index (κ1) is 12.2. The van der Waals surface area contributed by atoms with E-state index in [-0.39, 0.29) is 11.4 Å². The van der Waals surface area contributed by atoms with Gasteiger partial charge in [0.05, 0.1) is 17.5 Å². The molecular weight excluding hydrogens is 241 g/mol. The summed E-state index contributed by atoms with van der Waals surface area (Å²) in [6.45, 7) is 1.42. The first-order valence-corrected chi connectivity index (χ1v) is 5.12. The van der Waals surface area contributed by atoms with Crippen LogP contribution in [0.4, 0.5) is 4.39 Å². The third-order valence-electron chi connectivity index (χ3n) is 2.33. The normalized spacial score (nSPS) is 12.4. The molecule has 1 unspecified atom stereocenters. The highest BCUT2D eigenvalue weighted by molar-refractivity contribution is 5.86. The molecule has 0 radical (unpaired) electrons. The van der Waals surface area contributed by atoms with Crippen molar-refractivity contribution in [2.45, 2.75) is 13.0 Å². The molecule has 18 heavy (non-hydrogen) atoms. The van der Waals surface area contributed by atoms with Gasteiger partial charge in [0.2, 0.25) is 0 Å². The highest BCUT2D eigenvalue weighted by Crippen LogP contribution is 2.21. The van der Waals surface area contributed by atoms with Gasteiger partial charge in [0.1, 0.15) is 0 Å². The number of carbonyl (C=O) groups is 1. The molecule has 0 fully saturated rings. The Morgan fingerprint density at radius 1 is 1.56 bits per heavy atom. The van der Waals surface area contributed by atoms with Crippen molar-refractivity contribution in [3.63, 3.8) is 0 Å². The minimum Gasteiger partial charge on any atom is -0.476 e. The smallest absolute Gasteiger partial charge is 0.357 e. The van der Waals surface area contributed by atoms with Gasteiger partial charge in [0.25, 0.3) is 0 Å². The summed E-state index contributed by atoms with van der Waals surface area (Å²) in [7, 11) is 0. The largest absolute Gasteiger partial charge is 0.476 e. The van der Waals surface area contributed by atoms with Crippen LogP contribution >= 0.6 is 0 Å². The van der Waals surface area contributed by atoms with Gasteiger partial charge in [-0.2, -0.15) is 5.10 Å². The van der Waals surface area contributed by atoms with Gasteiger partial charge in [-0.25, -0.2) is 18.9 Å². The molecule has 2 heterocycles. The average molecular weight is 251 g/mol. The SMILES string of the molecule is CC(O)c1nc(C(=O)O)c(F)cc1-n1cccn1. The summed E-state index contributed by atoms with van der Waals surface area (Å²) < 4.78 is 14.9. The van der Waals surface area contributed by atoms with Gasteiger partial charge in [-0.1, -0.05) is 0 Å². The molecule has 0 aromatic carbocycles. The first-order chi connectivity index (χ1) is 8.50. The summed E-state index contributed by atoms with van der Waals surface area (Å²) in [5, 5.41) is 22.3. The summed E-state index contributed by atoms with van der Waals surface area (Å²) >= 11 is 0. The van der Waals surface area contributed by atoms with E-state index in [0.29, 0.717) is 0 Å². The maximum Gasteiger partial charge on any atom is 0.357 e. The van der Waals surface area contributed by atoms with Crippen molar-refractivity contribution in [3.8, 4) is 5.69 Å². The lowest BCUT2D eigenvalue weighted by atomic mass is 10.2. The molecule has 94 valence electrons. The van der Waals surface area contributed by atoms with E-state index in [1.54, 1.807) is 12.3 Å². The van der Waals surface area contributed by atoms with Gasteiger partial charge in [0.15, 0.2) is 11.5 Å². The van der Waals surface area contributed by atoms with Crippen LogP contribution < -0.4 is 0 Å². The monoisotopic (exact) mass is 251 g/mol. The molecular formula is C11H10FN3O3. The molecule has 0 spiro atoms. The Kier molecular flexibility index (Phi) is 3.07. The molecule has 0 aliphatic heterocycles. The fourth-order valence-electron chi connectivity index (χ4n) is 1.55. The minimum atomic E-state index is -1.48. The van der Waals surface area contributed by atoms with Crippen molar-refractivity contribution in [1.29, 1.82) is 0 Å². The first-order valence-electron chi connectivity index (χ1n) is 5.12. The molecule has 2 N–H and O–H groups in total. The number of aromatic carboxylic acids is 1. The topological polar surface area (TPSA) is 88.2 Å². The number of carboxylic acids is 1. The Balaban J connectivity index is 2.66. The highest BCUT2D eigenvalue weighted by Gasteiger charge is 2.20. The lowest BCUT2D eigenvalue weighted by Gasteiger charge is -2.12. The van der Waals surface area contributed by atoms with Crippen LogP contribution in [0.15, 0.2) is 24.5 Å². The zero-order chi connectivity index (χ0) is 13.3. The summed E-state index contributed by atoms with van der Waals surface area (Å²) in [5.41, 5.74) is -0.461. The predicted octanol–water partition coefficient (Wildman–Crippen LogP) is 1.16. The minimum absolute atomic E-state index is 0.0532. The molecule has 0 amide bonds. The van der Waals surface area contributed by atoms with Gasteiger partial charge in [-0.05, 0) is 13.0 Å². The van der Waals surface area contributed by atoms with E-state index in [1.807, 2.05) is 0 Å². The molecule has 6 nitrogen and oxygen atoms in total. The van der Waals surface area contributed by atoms with Crippen LogP contribution in [-0.2, 0) is 0 Å². The van der Waals surface area contributed by atoms with E-state index >= 15 is 0 Å². The summed E-state index contributed by atoms with van der Waals surface area (Å²) in [4.78, 5) is 14.4. The van der Waals surface area contributed by atoms with Gasteiger partial charge in [0, 0.05) is 18.5 Å². The van der Waals surface area contributed by atoms with Crippen LogP contribution in [0.3, 0.4) is 0 Å². The molecule has 1 atom stereocenters. The number of aliphatic hydroxyl groups excluding tert-OH is 1. The third kappa shape index (κ3) is 2.07. The van der Waals surface area contributed by atoms with E-state index in [0.717, 1.165) is 6.07 Å². The molecule has 0 saturated carbocycles. The van der Waals surface area contributed by atoms with Crippen LogP contribution in [0.5, 0.6) is 0 Å². The molecule has 0 aliphatic carbocycles. The quantitative estimate of drug-likeness (QED) is 0.854. The van der Waals surface area contributed by atoms with E-state index in [4.69, 9.17) is 5.11 Å². The van der Waals surface area contributed by atoms with E-state index in [9.17, 15) is 14.3 Å². The number of nitrogens with zero attached hydrogens (tertiary/aromatic N) is 3. The predicted molar refractivity (Wildman–Crippen MR) is 58.9 cm³/mol. The molecule has 0 aliphatic rings. The molecule has 0 bridgehead atoms. The van der Waals surface area contributed by atoms with Gasteiger partial charge >= 0.3 is 5.97 Å². The van der Waals surface area contributed by atoms with Crippen LogP contribution in [0, 0.1) is 5.82 Å². The maximum atomic E-state index is 13.6. The lowest BCUT2D eigenvalue weighted by Crippen LogP contribution is -2.13. The number of aliphatic hydroxyl groups is 1. The van der Waals surface area contributed by atoms with Crippen LogP contribution in [-0.4, -0.2) is 30.9 Å². The third-order valence-corrected chi connectivity index (χ3v) is 2.33. The van der Waals surface area contributed by atoms with Crippen molar-refractivity contribution in [3.05, 3.63) is 41.7 Å². The van der Waals surface area contributed by atoms with Crippen molar-refractivity contribution >= 4 is 5.97 Å². The number of rotatable bonds is 3. The van der Waals surface area contributed by atoms with Gasteiger partial charge < -0.3 is 10.2 Å². The second-order valence-electron chi connectivity index (χ2n) is 3.65. The van der Waals surface area contributed by atoms with E-state index < -0.39 is 23.6 Å². The van der Waals surface area contributed by atoms with E-state index in [2.05, 4.69) is 10.1 Å². The fourth-order valence-corrected chi connectivity index (χ4v) is 1.55. The van der Waals surface area contributed by atoms with E-state index in [1.165, 1.54) is 17.8 Å². The fraction of sp³-hybridized carbons (Fsp3) is 0.182. The van der Waals surface area contributed by atoms with Crippen molar-refractivity contribution in [2.24, 2.45) is 0 Å². The Labute approximate surface area is 101 Å². The maximum absolute atomic E-state index is 13.6. The molecule has 2 aromatic heterocycles. The summed E-state index contributed by atoms with van der Waals surface area (Å²) in [6, 6.07) is 2.61. The number of halogens is 1. The Hall–Kier alpha value is -2.28. The average Bonchev–Trinajstić information content (AvgIpc) is 2.80. The number of pyridine rings is 1. The molecule has 2 aromatic rings. The Morgan fingerprint density at radius 3 is 2.78 bits per heavy atom. The molecule has 2 rings (SSSR count). The highest BCUT2D eigenvalue weighted by atomic mass is 19.1. The van der Waals surface area contributed by atoms with Crippen LogP contribution in [0.2, 0.25) is 0 Å². The van der Waals surface area contributed by atoms with Gasteiger partial charge in [-0.15, -0.1) is 0 Å². The summed E-state index contributed by atoms with van der Waals surface area (Å²) in [6.07, 6.45) is 1.99. The van der Waals surface area contributed by atoms with Crippen molar-refractivity contribution in [2.75, 3.05) is 0 Å². The molecule has 7 heteroatoms. The Bertz CT molecular complexity index is 581. The Morgan fingerprint density at radius 2 is 2.28 bits per heavy atom. The number of hydrogen-bond donors (Lipinski definition) is 2. The van der Waals surface area contributed by atoms with Crippen LogP contribution in [0.25, 0.3) is 5.69 Å². The van der Waals surface area contributed by atoms with Crippen LogP contribution in [0.1, 0.15) is 29.2 Å². The second kappa shape index (κ2) is 4.53. The van der Waals surface area contributed by atoms with Crippen molar-refractivity contribution < 1.29 is 19.4 Å². The van der Waals surface area contributed by atoms with Gasteiger partial charge in [-0.3, -0.25) is 0 Å². The number of carboxylic acid groups (broad SMARTS) is 1. The zero-order valence-electron chi connectivity index (χ0n) is 9.41. The number of aromatic nitrogens is 3. The second-order valence-corrected chi connectivity index (χ2v) is 3.65. The zero-order valence-corrected chi connectivity index (χ0v) is 9.41. The number of hydrogen-bond acceptors (Lipinski definition) is 4. The summed E-state index contributed by atoms with van der Waals surface area (Å²) in [5.74, 6) is -2.46. The van der Waals surface area contributed by atoms with Crippen molar-refractivity contribution in [1.82, 2.24) is 14.8 Å². The lowest BCUT2D eigenvalue weighted by molar-refractivity contribution is 0.0684. The molecule has 0 saturated heterocycles. The standard InChI is InChI=1S/C11H10FN3O3/c1-6(16)9-8(15-4-2-3-13-15)5-7(12)10(14-9)11(17)18/h2-6,16H,1H3,(H,17,18).